The van der Waals surface area contributed by atoms with Crippen LogP contribution in [0.1, 0.15) is 25.3 Å². The molecule has 2 aromatic carbocycles. The summed E-state index contributed by atoms with van der Waals surface area (Å²) in [6.45, 7) is 4.76. The summed E-state index contributed by atoms with van der Waals surface area (Å²) in [6.07, 6.45) is 1.83. The van der Waals surface area contributed by atoms with Gasteiger partial charge in [0.25, 0.3) is 5.69 Å². The molecule has 7 nitrogen and oxygen atoms in total. The zero-order valence-electron chi connectivity index (χ0n) is 16.9. The van der Waals surface area contributed by atoms with Gasteiger partial charge in [0.2, 0.25) is 0 Å². The average Bonchev–Trinajstić information content (AvgIpc) is 2.73. The summed E-state index contributed by atoms with van der Waals surface area (Å²) in [7, 11) is 0. The molecule has 0 aliphatic carbocycles. The quantitative estimate of drug-likeness (QED) is 0.195. The number of halogens is 2. The van der Waals surface area contributed by atoms with Crippen molar-refractivity contribution in [2.24, 2.45) is 4.99 Å². The van der Waals surface area contributed by atoms with Crippen molar-refractivity contribution in [2.75, 3.05) is 24.5 Å². The van der Waals surface area contributed by atoms with Crippen LogP contribution in [-0.2, 0) is 6.54 Å². The van der Waals surface area contributed by atoms with Gasteiger partial charge in [-0.15, -0.1) is 24.0 Å². The SMILES string of the molecule is CCNC(=NCc1cccc([N+](=O)[O-])c1)NC1CCN(c2cccc(F)c2)CC1.I. The molecule has 0 atom stereocenters. The summed E-state index contributed by atoms with van der Waals surface area (Å²) in [5.74, 6) is 0.480. The molecule has 0 aromatic heterocycles. The number of hydrogen-bond acceptors (Lipinski definition) is 4. The molecule has 1 saturated heterocycles. The molecule has 1 aliphatic rings. The number of nitrogens with zero attached hydrogens (tertiary/aromatic N) is 3. The number of nitro groups is 1. The van der Waals surface area contributed by atoms with Crippen LogP contribution in [0.2, 0.25) is 0 Å². The number of anilines is 1. The van der Waals surface area contributed by atoms with Crippen molar-refractivity contribution in [3.8, 4) is 0 Å². The molecule has 162 valence electrons. The molecule has 1 heterocycles. The predicted molar refractivity (Wildman–Crippen MR) is 128 cm³/mol. The topological polar surface area (TPSA) is 82.8 Å². The van der Waals surface area contributed by atoms with Crippen molar-refractivity contribution in [1.82, 2.24) is 10.6 Å². The first kappa shape index (κ1) is 23.8. The van der Waals surface area contributed by atoms with Gasteiger partial charge in [0.15, 0.2) is 5.96 Å². The van der Waals surface area contributed by atoms with E-state index in [9.17, 15) is 14.5 Å². The van der Waals surface area contributed by atoms with Crippen molar-refractivity contribution < 1.29 is 9.31 Å². The van der Waals surface area contributed by atoms with Crippen LogP contribution in [0.5, 0.6) is 0 Å². The Kier molecular flexibility index (Phi) is 9.28. The second-order valence-electron chi connectivity index (χ2n) is 7.01. The summed E-state index contributed by atoms with van der Waals surface area (Å²) in [5, 5.41) is 17.6. The first-order chi connectivity index (χ1) is 14.0. The lowest BCUT2D eigenvalue weighted by molar-refractivity contribution is -0.384. The zero-order chi connectivity index (χ0) is 20.6. The van der Waals surface area contributed by atoms with Gasteiger partial charge in [-0.05, 0) is 43.5 Å². The van der Waals surface area contributed by atoms with Gasteiger partial charge in [-0.25, -0.2) is 9.38 Å². The summed E-state index contributed by atoms with van der Waals surface area (Å²) in [6, 6.07) is 13.5. The molecule has 0 bridgehead atoms. The molecule has 9 heteroatoms. The largest absolute Gasteiger partial charge is 0.371 e. The molecule has 0 unspecified atom stereocenters. The minimum atomic E-state index is -0.400. The van der Waals surface area contributed by atoms with Crippen LogP contribution < -0.4 is 15.5 Å². The maximum absolute atomic E-state index is 13.4. The highest BCUT2D eigenvalue weighted by Crippen LogP contribution is 2.21. The summed E-state index contributed by atoms with van der Waals surface area (Å²) >= 11 is 0. The number of rotatable bonds is 6. The van der Waals surface area contributed by atoms with Crippen LogP contribution in [0.15, 0.2) is 53.5 Å². The summed E-state index contributed by atoms with van der Waals surface area (Å²) in [4.78, 5) is 17.3. The van der Waals surface area contributed by atoms with E-state index in [1.807, 2.05) is 19.1 Å². The molecule has 3 rings (SSSR count). The third-order valence-corrected chi connectivity index (χ3v) is 4.89. The van der Waals surface area contributed by atoms with Gasteiger partial charge >= 0.3 is 0 Å². The number of non-ortho nitro benzene ring substituents is 1. The van der Waals surface area contributed by atoms with E-state index >= 15 is 0 Å². The van der Waals surface area contributed by atoms with Gasteiger partial charge in [0, 0.05) is 43.5 Å². The minimum absolute atomic E-state index is 0. The van der Waals surface area contributed by atoms with Crippen molar-refractivity contribution in [3.63, 3.8) is 0 Å². The molecule has 0 radical (unpaired) electrons. The van der Waals surface area contributed by atoms with Crippen molar-refractivity contribution in [1.29, 1.82) is 0 Å². The molecule has 1 fully saturated rings. The van der Waals surface area contributed by atoms with E-state index in [1.165, 1.54) is 12.1 Å². The van der Waals surface area contributed by atoms with E-state index in [0.29, 0.717) is 12.5 Å². The molecule has 0 spiro atoms. The summed E-state index contributed by atoms with van der Waals surface area (Å²) < 4.78 is 13.4. The number of aliphatic imine (C=N–C) groups is 1. The Balaban J connectivity index is 0.00000320. The van der Waals surface area contributed by atoms with Gasteiger partial charge in [-0.2, -0.15) is 0 Å². The number of guanidine groups is 1. The third-order valence-electron chi connectivity index (χ3n) is 4.89. The molecule has 1 aliphatic heterocycles. The van der Waals surface area contributed by atoms with Crippen LogP contribution in [0.4, 0.5) is 15.8 Å². The smallest absolute Gasteiger partial charge is 0.269 e. The lowest BCUT2D eigenvalue weighted by Gasteiger charge is -2.34. The molecular formula is C21H27FIN5O2. The molecular weight excluding hydrogens is 500 g/mol. The Morgan fingerprint density at radius 2 is 1.97 bits per heavy atom. The highest BCUT2D eigenvalue weighted by Gasteiger charge is 2.20. The normalized spacial score (nSPS) is 14.7. The minimum Gasteiger partial charge on any atom is -0.371 e. The van der Waals surface area contributed by atoms with Gasteiger partial charge in [0.1, 0.15) is 5.82 Å². The van der Waals surface area contributed by atoms with E-state index in [2.05, 4.69) is 20.5 Å². The zero-order valence-corrected chi connectivity index (χ0v) is 19.2. The number of piperidine rings is 1. The second-order valence-corrected chi connectivity index (χ2v) is 7.01. The Labute approximate surface area is 192 Å². The Bertz CT molecular complexity index is 872. The Hall–Kier alpha value is -2.43. The Morgan fingerprint density at radius 3 is 2.63 bits per heavy atom. The molecule has 0 saturated carbocycles. The predicted octanol–water partition coefficient (Wildman–Crippen LogP) is 4.08. The fraction of sp³-hybridized carbons (Fsp3) is 0.381. The maximum Gasteiger partial charge on any atom is 0.269 e. The van der Waals surface area contributed by atoms with Gasteiger partial charge < -0.3 is 15.5 Å². The fourth-order valence-electron chi connectivity index (χ4n) is 3.41. The molecule has 30 heavy (non-hydrogen) atoms. The van der Waals surface area contributed by atoms with E-state index in [0.717, 1.165) is 43.7 Å². The van der Waals surface area contributed by atoms with E-state index in [1.54, 1.807) is 24.3 Å². The Morgan fingerprint density at radius 1 is 1.23 bits per heavy atom. The van der Waals surface area contributed by atoms with Crippen molar-refractivity contribution >= 4 is 41.3 Å². The van der Waals surface area contributed by atoms with E-state index < -0.39 is 4.92 Å². The lowest BCUT2D eigenvalue weighted by Crippen LogP contribution is -2.48. The number of benzene rings is 2. The number of hydrogen-bond donors (Lipinski definition) is 2. The first-order valence-electron chi connectivity index (χ1n) is 9.84. The van der Waals surface area contributed by atoms with E-state index in [4.69, 9.17) is 0 Å². The van der Waals surface area contributed by atoms with E-state index in [-0.39, 0.29) is 41.5 Å². The van der Waals surface area contributed by atoms with Gasteiger partial charge in [-0.1, -0.05) is 18.2 Å². The van der Waals surface area contributed by atoms with Crippen molar-refractivity contribution in [2.45, 2.75) is 32.4 Å². The highest BCUT2D eigenvalue weighted by molar-refractivity contribution is 14.0. The van der Waals surface area contributed by atoms with Crippen LogP contribution in [0.25, 0.3) is 0 Å². The number of nitro benzene ring substituents is 1. The maximum atomic E-state index is 13.4. The number of nitrogens with one attached hydrogen (secondary N) is 2. The average molecular weight is 527 g/mol. The fourth-order valence-corrected chi connectivity index (χ4v) is 3.41. The van der Waals surface area contributed by atoms with Crippen LogP contribution in [0.3, 0.4) is 0 Å². The van der Waals surface area contributed by atoms with Crippen LogP contribution >= 0.6 is 24.0 Å². The highest BCUT2D eigenvalue weighted by atomic mass is 127. The first-order valence-corrected chi connectivity index (χ1v) is 9.84. The second kappa shape index (κ2) is 11.7. The molecule has 2 aromatic rings. The summed E-state index contributed by atoms with van der Waals surface area (Å²) in [5.41, 5.74) is 1.77. The molecule has 2 N–H and O–H groups in total. The molecule has 0 amide bonds. The van der Waals surface area contributed by atoms with Crippen LogP contribution in [0, 0.1) is 15.9 Å². The van der Waals surface area contributed by atoms with Gasteiger partial charge in [-0.3, -0.25) is 10.1 Å². The van der Waals surface area contributed by atoms with Gasteiger partial charge in [0.05, 0.1) is 11.5 Å². The van der Waals surface area contributed by atoms with Crippen molar-refractivity contribution in [3.05, 3.63) is 70.0 Å². The van der Waals surface area contributed by atoms with Crippen LogP contribution in [-0.4, -0.2) is 36.6 Å². The lowest BCUT2D eigenvalue weighted by atomic mass is 10.0. The monoisotopic (exact) mass is 527 g/mol. The third kappa shape index (κ3) is 6.82. The standard InChI is InChI=1S/C21H26FN5O2.HI/c1-2-23-21(24-15-16-5-3-8-20(13-16)27(28)29)25-18-9-11-26(12-10-18)19-7-4-6-17(22)14-19;/h3-8,13-14,18H,2,9-12,15H2,1H3,(H2,23,24,25);1H.